The van der Waals surface area contributed by atoms with E-state index in [4.69, 9.17) is 0 Å². The zero-order chi connectivity index (χ0) is 7.11. The van der Waals surface area contributed by atoms with E-state index >= 15 is 0 Å². The van der Waals surface area contributed by atoms with Gasteiger partial charge in [0, 0.05) is 13.0 Å². The molecule has 0 aromatic rings. The van der Waals surface area contributed by atoms with Gasteiger partial charge < -0.3 is 9.63 Å². The van der Waals surface area contributed by atoms with E-state index in [9.17, 15) is 4.79 Å². The Bertz CT molecular complexity index is 83.1. The summed E-state index contributed by atoms with van der Waals surface area (Å²) in [7, 11) is 1.56. The molecule has 3 heteroatoms. The topological polar surface area (TPSA) is 38.3 Å². The van der Waals surface area contributed by atoms with Crippen LogP contribution in [0.15, 0.2) is 0 Å². The Hall–Kier alpha value is -0.410. The summed E-state index contributed by atoms with van der Waals surface area (Å²) in [6.07, 6.45) is 1.49. The fourth-order valence-electron chi connectivity index (χ4n) is 0.512. The third-order valence-electron chi connectivity index (χ3n) is 0.952. The second-order valence-corrected chi connectivity index (χ2v) is 1.90. The molecule has 0 heterocycles. The van der Waals surface area contributed by atoms with Crippen molar-refractivity contribution in [2.75, 3.05) is 13.7 Å². The average molecular weight is 131 g/mol. The molecule has 0 aromatic carbocycles. The van der Waals surface area contributed by atoms with Crippen LogP contribution < -0.4 is 5.48 Å². The van der Waals surface area contributed by atoms with E-state index in [0.717, 1.165) is 13.0 Å². The minimum absolute atomic E-state index is 0.230. The first-order chi connectivity index (χ1) is 4.27. The molecule has 0 saturated carbocycles. The molecule has 0 radical (unpaired) electrons. The zero-order valence-corrected chi connectivity index (χ0v) is 5.94. The average Bonchev–Trinajstić information content (AvgIpc) is 1.80. The lowest BCUT2D eigenvalue weighted by atomic mass is 10.2. The maximum Gasteiger partial charge on any atom is 0.129 e. The Morgan fingerprint density at radius 2 is 2.33 bits per heavy atom. The van der Waals surface area contributed by atoms with Crippen molar-refractivity contribution in [3.63, 3.8) is 0 Å². The highest BCUT2D eigenvalue weighted by Gasteiger charge is 1.90. The van der Waals surface area contributed by atoms with Crippen LogP contribution in [0.5, 0.6) is 0 Å². The van der Waals surface area contributed by atoms with Crippen LogP contribution in [-0.4, -0.2) is 19.4 Å². The van der Waals surface area contributed by atoms with Crippen molar-refractivity contribution in [3.05, 3.63) is 0 Å². The lowest BCUT2D eigenvalue weighted by Crippen LogP contribution is -2.13. The van der Waals surface area contributed by atoms with Gasteiger partial charge in [0.15, 0.2) is 0 Å². The molecule has 0 spiro atoms. The van der Waals surface area contributed by atoms with Crippen molar-refractivity contribution in [2.24, 2.45) is 0 Å². The molecule has 0 aliphatic rings. The van der Waals surface area contributed by atoms with Crippen LogP contribution in [0.4, 0.5) is 0 Å². The number of Topliss-reactive ketones (excluding diaryl/α,β-unsaturated/α-hetero) is 1. The lowest BCUT2D eigenvalue weighted by Gasteiger charge is -1.97. The Kier molecular flexibility index (Phi) is 5.46. The largest absolute Gasteiger partial charge is 0.305 e. The maximum absolute atomic E-state index is 10.3. The van der Waals surface area contributed by atoms with E-state index in [1.165, 1.54) is 0 Å². The second kappa shape index (κ2) is 5.72. The molecule has 1 N–H and O–H groups in total. The molecule has 0 amide bonds. The number of hydrogen-bond acceptors (Lipinski definition) is 3. The molecule has 0 aliphatic carbocycles. The zero-order valence-electron chi connectivity index (χ0n) is 5.94. The summed E-state index contributed by atoms with van der Waals surface area (Å²) in [4.78, 5) is 14.9. The molecule has 0 unspecified atom stereocenters. The van der Waals surface area contributed by atoms with Crippen LogP contribution in [0.3, 0.4) is 0 Å². The first kappa shape index (κ1) is 8.59. The lowest BCUT2D eigenvalue weighted by molar-refractivity contribution is -0.117. The Morgan fingerprint density at radius 3 is 2.78 bits per heavy atom. The summed E-state index contributed by atoms with van der Waals surface area (Å²) in [5, 5.41) is 0. The number of hydroxylamine groups is 1. The van der Waals surface area contributed by atoms with Crippen LogP contribution in [0, 0.1) is 0 Å². The second-order valence-electron chi connectivity index (χ2n) is 1.90. The summed E-state index contributed by atoms with van der Waals surface area (Å²) >= 11 is 0. The fourth-order valence-corrected chi connectivity index (χ4v) is 0.512. The molecular formula is C6H13NO2. The van der Waals surface area contributed by atoms with Gasteiger partial charge in [-0.05, 0) is 13.3 Å². The van der Waals surface area contributed by atoms with Gasteiger partial charge in [-0.2, -0.15) is 0 Å². The minimum Gasteiger partial charge on any atom is -0.305 e. The SMILES string of the molecule is CONCCCC(C)=O. The van der Waals surface area contributed by atoms with Crippen LogP contribution in [-0.2, 0) is 9.63 Å². The van der Waals surface area contributed by atoms with Crippen LogP contribution in [0.1, 0.15) is 19.8 Å². The van der Waals surface area contributed by atoms with E-state index in [-0.39, 0.29) is 5.78 Å². The van der Waals surface area contributed by atoms with Crippen molar-refractivity contribution >= 4 is 5.78 Å². The molecule has 3 nitrogen and oxygen atoms in total. The highest BCUT2D eigenvalue weighted by atomic mass is 16.6. The quantitative estimate of drug-likeness (QED) is 0.436. The summed E-state index contributed by atoms with van der Waals surface area (Å²) in [6, 6.07) is 0. The van der Waals surface area contributed by atoms with Gasteiger partial charge in [0.2, 0.25) is 0 Å². The minimum atomic E-state index is 0.230. The first-order valence-corrected chi connectivity index (χ1v) is 3.02. The van der Waals surface area contributed by atoms with Crippen molar-refractivity contribution in [1.29, 1.82) is 0 Å². The third kappa shape index (κ3) is 7.59. The molecule has 0 fully saturated rings. The van der Waals surface area contributed by atoms with E-state index in [2.05, 4.69) is 10.3 Å². The summed E-state index contributed by atoms with van der Waals surface area (Å²) in [5.74, 6) is 0.230. The Morgan fingerprint density at radius 1 is 1.67 bits per heavy atom. The van der Waals surface area contributed by atoms with E-state index in [0.29, 0.717) is 6.42 Å². The summed E-state index contributed by atoms with van der Waals surface area (Å²) < 4.78 is 0. The smallest absolute Gasteiger partial charge is 0.129 e. The van der Waals surface area contributed by atoms with E-state index in [1.54, 1.807) is 14.0 Å². The standard InChI is InChI=1S/C6H13NO2/c1-6(8)4-3-5-7-9-2/h7H,3-5H2,1-2H3. The predicted octanol–water partition coefficient (Wildman–Crippen LogP) is 0.507. The fraction of sp³-hybridized carbons (Fsp3) is 0.833. The third-order valence-corrected chi connectivity index (χ3v) is 0.952. The molecular weight excluding hydrogens is 118 g/mol. The van der Waals surface area contributed by atoms with Gasteiger partial charge in [0.1, 0.15) is 5.78 Å². The maximum atomic E-state index is 10.3. The van der Waals surface area contributed by atoms with Gasteiger partial charge in [-0.1, -0.05) is 0 Å². The van der Waals surface area contributed by atoms with Gasteiger partial charge in [-0.15, -0.1) is 0 Å². The van der Waals surface area contributed by atoms with Gasteiger partial charge in [-0.25, -0.2) is 5.48 Å². The highest BCUT2D eigenvalue weighted by Crippen LogP contribution is 1.86. The molecule has 0 rings (SSSR count). The molecule has 0 saturated heterocycles. The van der Waals surface area contributed by atoms with Gasteiger partial charge in [0.05, 0.1) is 7.11 Å². The number of carbonyl (C=O) groups excluding carboxylic acids is 1. The van der Waals surface area contributed by atoms with Gasteiger partial charge >= 0.3 is 0 Å². The van der Waals surface area contributed by atoms with Crippen LogP contribution in [0.2, 0.25) is 0 Å². The monoisotopic (exact) mass is 131 g/mol. The van der Waals surface area contributed by atoms with E-state index in [1.807, 2.05) is 0 Å². The molecule has 0 atom stereocenters. The number of rotatable bonds is 5. The van der Waals surface area contributed by atoms with Crippen LogP contribution in [0.25, 0.3) is 0 Å². The summed E-state index contributed by atoms with van der Waals surface area (Å²) in [6.45, 7) is 2.34. The van der Waals surface area contributed by atoms with Crippen molar-refractivity contribution in [2.45, 2.75) is 19.8 Å². The number of ketones is 1. The number of hydrogen-bond donors (Lipinski definition) is 1. The molecule has 9 heavy (non-hydrogen) atoms. The predicted molar refractivity (Wildman–Crippen MR) is 34.9 cm³/mol. The highest BCUT2D eigenvalue weighted by molar-refractivity contribution is 5.75. The molecule has 0 aliphatic heterocycles. The van der Waals surface area contributed by atoms with Crippen molar-refractivity contribution < 1.29 is 9.63 Å². The Labute approximate surface area is 55.3 Å². The van der Waals surface area contributed by atoms with Gasteiger partial charge in [0.25, 0.3) is 0 Å². The normalized spacial score (nSPS) is 9.56. The Balaban J connectivity index is 2.83. The van der Waals surface area contributed by atoms with Crippen molar-refractivity contribution in [1.82, 2.24) is 5.48 Å². The van der Waals surface area contributed by atoms with Crippen LogP contribution >= 0.6 is 0 Å². The molecule has 0 bridgehead atoms. The molecule has 54 valence electrons. The van der Waals surface area contributed by atoms with E-state index < -0.39 is 0 Å². The van der Waals surface area contributed by atoms with Gasteiger partial charge in [-0.3, -0.25) is 0 Å². The number of carbonyl (C=O) groups is 1. The summed E-state index contributed by atoms with van der Waals surface area (Å²) in [5.41, 5.74) is 2.65. The molecule has 0 aromatic heterocycles. The number of nitrogens with one attached hydrogen (secondary N) is 1. The first-order valence-electron chi connectivity index (χ1n) is 3.02. The van der Waals surface area contributed by atoms with Crippen molar-refractivity contribution in [3.8, 4) is 0 Å².